The third kappa shape index (κ3) is 2.93. The van der Waals surface area contributed by atoms with Gasteiger partial charge in [-0.25, -0.2) is 9.97 Å². The number of benzene rings is 1. The summed E-state index contributed by atoms with van der Waals surface area (Å²) in [6.45, 7) is 8.18. The average Bonchev–Trinajstić information content (AvgIpc) is 2.39. The minimum Gasteiger partial charge on any atom is -0.329 e. The van der Waals surface area contributed by atoms with Crippen molar-refractivity contribution >= 4 is 23.1 Å². The van der Waals surface area contributed by atoms with Crippen LogP contribution in [0.5, 0.6) is 0 Å². The first kappa shape index (κ1) is 14.8. The molecule has 0 spiro atoms. The molecule has 2 aromatic rings. The van der Waals surface area contributed by atoms with Gasteiger partial charge in [-0.05, 0) is 44.0 Å². The van der Waals surface area contributed by atoms with Crippen LogP contribution < -0.4 is 4.90 Å². The largest absolute Gasteiger partial charge is 0.329 e. The van der Waals surface area contributed by atoms with Crippen LogP contribution in [0.25, 0.3) is 0 Å². The van der Waals surface area contributed by atoms with Crippen molar-refractivity contribution in [3.63, 3.8) is 0 Å². The quantitative estimate of drug-likeness (QED) is 0.785. The van der Waals surface area contributed by atoms with Crippen molar-refractivity contribution in [1.82, 2.24) is 9.97 Å². The summed E-state index contributed by atoms with van der Waals surface area (Å²) in [5.41, 5.74) is 4.49. The van der Waals surface area contributed by atoms with E-state index in [-0.39, 0.29) is 0 Å². The van der Waals surface area contributed by atoms with Gasteiger partial charge in [0, 0.05) is 24.7 Å². The van der Waals surface area contributed by atoms with Crippen molar-refractivity contribution in [2.24, 2.45) is 0 Å². The zero-order valence-corrected chi connectivity index (χ0v) is 13.4. The molecule has 0 fully saturated rings. The third-order valence-corrected chi connectivity index (χ3v) is 3.70. The molecule has 1 aromatic carbocycles. The fraction of sp³-hybridized carbons (Fsp3) is 0.375. The normalized spacial score (nSPS) is 10.7. The van der Waals surface area contributed by atoms with Gasteiger partial charge in [0.15, 0.2) is 0 Å². The SMILES string of the molecule is CCc1nc(Cl)c(C)c(N(C)c2cc(C)cc(C)c2)n1. The molecule has 20 heavy (non-hydrogen) atoms. The molecule has 106 valence electrons. The van der Waals surface area contributed by atoms with E-state index in [1.54, 1.807) is 0 Å². The van der Waals surface area contributed by atoms with Gasteiger partial charge < -0.3 is 4.90 Å². The van der Waals surface area contributed by atoms with Gasteiger partial charge in [0.05, 0.1) is 0 Å². The van der Waals surface area contributed by atoms with Crippen LogP contribution in [-0.4, -0.2) is 17.0 Å². The summed E-state index contributed by atoms with van der Waals surface area (Å²) in [6, 6.07) is 6.46. The molecular weight excluding hydrogens is 270 g/mol. The Kier molecular flexibility index (Phi) is 4.29. The second-order valence-corrected chi connectivity index (χ2v) is 5.50. The first-order valence-electron chi connectivity index (χ1n) is 6.77. The summed E-state index contributed by atoms with van der Waals surface area (Å²) in [4.78, 5) is 11.0. The van der Waals surface area contributed by atoms with Crippen LogP contribution >= 0.6 is 11.6 Å². The maximum absolute atomic E-state index is 6.21. The summed E-state index contributed by atoms with van der Waals surface area (Å²) in [7, 11) is 2.01. The van der Waals surface area contributed by atoms with Crippen molar-refractivity contribution in [3.8, 4) is 0 Å². The predicted octanol–water partition coefficient (Wildman–Crippen LogP) is 4.39. The van der Waals surface area contributed by atoms with Crippen molar-refractivity contribution < 1.29 is 0 Å². The number of halogens is 1. The van der Waals surface area contributed by atoms with Crippen molar-refractivity contribution in [1.29, 1.82) is 0 Å². The molecule has 0 atom stereocenters. The van der Waals surface area contributed by atoms with Gasteiger partial charge in [-0.2, -0.15) is 0 Å². The number of rotatable bonds is 3. The molecule has 0 aliphatic heterocycles. The van der Waals surface area contributed by atoms with Gasteiger partial charge in [0.2, 0.25) is 0 Å². The number of anilines is 2. The number of aromatic nitrogens is 2. The predicted molar refractivity (Wildman–Crippen MR) is 85.1 cm³/mol. The van der Waals surface area contributed by atoms with E-state index in [1.165, 1.54) is 11.1 Å². The highest BCUT2D eigenvalue weighted by Gasteiger charge is 2.14. The molecule has 3 nitrogen and oxygen atoms in total. The highest BCUT2D eigenvalue weighted by atomic mass is 35.5. The molecule has 4 heteroatoms. The van der Waals surface area contributed by atoms with E-state index in [1.807, 2.05) is 20.9 Å². The molecule has 0 saturated heterocycles. The Balaban J connectivity index is 2.52. The zero-order chi connectivity index (χ0) is 14.9. The lowest BCUT2D eigenvalue weighted by molar-refractivity contribution is 0.914. The van der Waals surface area contributed by atoms with E-state index in [0.29, 0.717) is 5.15 Å². The molecule has 0 radical (unpaired) electrons. The minimum atomic E-state index is 0.531. The van der Waals surface area contributed by atoms with E-state index in [9.17, 15) is 0 Å². The van der Waals surface area contributed by atoms with Gasteiger partial charge in [0.25, 0.3) is 0 Å². The van der Waals surface area contributed by atoms with Crippen molar-refractivity contribution in [2.45, 2.75) is 34.1 Å². The van der Waals surface area contributed by atoms with Crippen LogP contribution in [0.3, 0.4) is 0 Å². The van der Waals surface area contributed by atoms with Gasteiger partial charge >= 0.3 is 0 Å². The summed E-state index contributed by atoms with van der Waals surface area (Å²) < 4.78 is 0. The fourth-order valence-corrected chi connectivity index (χ4v) is 2.45. The van der Waals surface area contributed by atoms with Crippen molar-refractivity contribution in [3.05, 3.63) is 45.9 Å². The molecule has 0 saturated carbocycles. The van der Waals surface area contributed by atoms with Gasteiger partial charge in [-0.15, -0.1) is 0 Å². The Morgan fingerprint density at radius 3 is 2.20 bits per heavy atom. The maximum Gasteiger partial charge on any atom is 0.140 e. The molecule has 2 rings (SSSR count). The molecule has 0 unspecified atom stereocenters. The summed E-state index contributed by atoms with van der Waals surface area (Å²) in [5, 5.41) is 0.531. The monoisotopic (exact) mass is 289 g/mol. The molecule has 1 heterocycles. The lowest BCUT2D eigenvalue weighted by atomic mass is 10.1. The topological polar surface area (TPSA) is 29.0 Å². The highest BCUT2D eigenvalue weighted by Crippen LogP contribution is 2.29. The van der Waals surface area contributed by atoms with E-state index < -0.39 is 0 Å². The molecule has 0 aliphatic carbocycles. The van der Waals surface area contributed by atoms with E-state index >= 15 is 0 Å². The fourth-order valence-electron chi connectivity index (χ4n) is 2.27. The molecule has 0 N–H and O–H groups in total. The third-order valence-electron chi connectivity index (χ3n) is 3.33. The van der Waals surface area contributed by atoms with Crippen LogP contribution in [0.1, 0.15) is 29.4 Å². The van der Waals surface area contributed by atoms with Gasteiger partial charge in [-0.3, -0.25) is 0 Å². The van der Waals surface area contributed by atoms with E-state index in [0.717, 1.165) is 29.3 Å². The summed E-state index contributed by atoms with van der Waals surface area (Å²) in [6.07, 6.45) is 0.772. The second kappa shape index (κ2) is 5.80. The molecule has 1 aromatic heterocycles. The van der Waals surface area contributed by atoms with Crippen LogP contribution in [0.4, 0.5) is 11.5 Å². The summed E-state index contributed by atoms with van der Waals surface area (Å²) in [5.74, 6) is 1.64. The Bertz CT molecular complexity index is 618. The lowest BCUT2D eigenvalue weighted by Gasteiger charge is -2.22. The standard InChI is InChI=1S/C16H20ClN3/c1-6-14-18-15(17)12(4)16(19-14)20(5)13-8-10(2)7-11(3)9-13/h7-9H,6H2,1-5H3. The second-order valence-electron chi connectivity index (χ2n) is 5.14. The van der Waals surface area contributed by atoms with E-state index in [4.69, 9.17) is 11.6 Å². The van der Waals surface area contributed by atoms with Crippen molar-refractivity contribution in [2.75, 3.05) is 11.9 Å². The Morgan fingerprint density at radius 2 is 1.65 bits per heavy atom. The lowest BCUT2D eigenvalue weighted by Crippen LogP contribution is -2.15. The summed E-state index contributed by atoms with van der Waals surface area (Å²) >= 11 is 6.21. The number of nitrogens with zero attached hydrogens (tertiary/aromatic N) is 3. The van der Waals surface area contributed by atoms with E-state index in [2.05, 4.69) is 46.9 Å². The number of hydrogen-bond acceptors (Lipinski definition) is 3. The Hall–Kier alpha value is -1.61. The number of hydrogen-bond donors (Lipinski definition) is 0. The first-order valence-corrected chi connectivity index (χ1v) is 7.15. The zero-order valence-electron chi connectivity index (χ0n) is 12.7. The molecular formula is C16H20ClN3. The number of aryl methyl sites for hydroxylation is 3. The van der Waals surface area contributed by atoms with Crippen LogP contribution in [0.15, 0.2) is 18.2 Å². The average molecular weight is 290 g/mol. The van der Waals surface area contributed by atoms with Crippen LogP contribution in [0, 0.1) is 20.8 Å². The van der Waals surface area contributed by atoms with Gasteiger partial charge in [0.1, 0.15) is 16.8 Å². The molecule has 0 aliphatic rings. The smallest absolute Gasteiger partial charge is 0.140 e. The first-order chi connectivity index (χ1) is 9.42. The Morgan fingerprint density at radius 1 is 1.05 bits per heavy atom. The van der Waals surface area contributed by atoms with Gasteiger partial charge in [-0.1, -0.05) is 24.6 Å². The van der Waals surface area contributed by atoms with Crippen LogP contribution in [0.2, 0.25) is 5.15 Å². The maximum atomic E-state index is 6.21. The Labute approximate surface area is 125 Å². The minimum absolute atomic E-state index is 0.531. The van der Waals surface area contributed by atoms with Crippen LogP contribution in [-0.2, 0) is 6.42 Å². The molecule has 0 bridgehead atoms. The molecule has 0 amide bonds. The highest BCUT2D eigenvalue weighted by molar-refractivity contribution is 6.30.